The Balaban J connectivity index is 1.28. The normalized spacial score (nSPS) is 12.6. The summed E-state index contributed by atoms with van der Waals surface area (Å²) in [5, 5.41) is 19.9. The van der Waals surface area contributed by atoms with Crippen LogP contribution in [0.4, 0.5) is 0 Å². The third kappa shape index (κ3) is 9.17. The van der Waals surface area contributed by atoms with E-state index in [-0.39, 0.29) is 21.7 Å². The van der Waals surface area contributed by atoms with Gasteiger partial charge in [-0.3, -0.25) is 0 Å². The summed E-state index contributed by atoms with van der Waals surface area (Å²) in [6.07, 6.45) is 0. The van der Waals surface area contributed by atoms with E-state index in [4.69, 9.17) is 0 Å². The van der Waals surface area contributed by atoms with Gasteiger partial charge in [-0.1, -0.05) is 241 Å². The van der Waals surface area contributed by atoms with Gasteiger partial charge in [-0.25, -0.2) is 0 Å². The summed E-state index contributed by atoms with van der Waals surface area (Å²) in [7, 11) is 0. The summed E-state index contributed by atoms with van der Waals surface area (Å²) in [6.45, 7) is 27.6. The van der Waals surface area contributed by atoms with Gasteiger partial charge < -0.3 is 13.7 Å². The lowest BCUT2D eigenvalue weighted by molar-refractivity contribution is 0.590. The zero-order chi connectivity index (χ0) is 60.5. The Bertz CT molecular complexity index is 4640. The van der Waals surface area contributed by atoms with Crippen molar-refractivity contribution >= 4 is 65.4 Å². The highest BCUT2D eigenvalue weighted by atomic mass is 15.1. The minimum Gasteiger partial charge on any atom is -0.308 e. The van der Waals surface area contributed by atoms with Gasteiger partial charge in [-0.2, -0.15) is 5.26 Å². The Morgan fingerprint density at radius 3 is 0.759 bits per heavy atom. The van der Waals surface area contributed by atoms with E-state index in [2.05, 4.69) is 333 Å². The number of fused-ring (bicyclic) bond motifs is 9. The van der Waals surface area contributed by atoms with Crippen LogP contribution in [0.5, 0.6) is 0 Å². The van der Waals surface area contributed by atoms with E-state index in [1.807, 2.05) is 0 Å². The Hall–Kier alpha value is -9.69. The van der Waals surface area contributed by atoms with Crippen LogP contribution in [0.15, 0.2) is 231 Å². The van der Waals surface area contributed by atoms with E-state index in [1.165, 1.54) is 22.3 Å². The van der Waals surface area contributed by atoms with E-state index in [0.29, 0.717) is 5.56 Å². The predicted octanol–water partition coefficient (Wildman–Crippen LogP) is 22.7. The van der Waals surface area contributed by atoms with Crippen LogP contribution in [0.2, 0.25) is 0 Å². The minimum atomic E-state index is -0.123. The monoisotopic (exact) mass is 1130 g/mol. The molecule has 11 aromatic carbocycles. The van der Waals surface area contributed by atoms with Crippen molar-refractivity contribution in [2.45, 2.75) is 105 Å². The van der Waals surface area contributed by atoms with Crippen molar-refractivity contribution in [3.05, 3.63) is 258 Å². The Kier molecular flexibility index (Phi) is 12.8. The number of rotatable bonds is 7. The maximum atomic E-state index is 13.0. The lowest BCUT2D eigenvalue weighted by atomic mass is 9.85. The molecule has 0 fully saturated rings. The largest absolute Gasteiger partial charge is 0.308 e. The van der Waals surface area contributed by atoms with Gasteiger partial charge in [0.15, 0.2) is 0 Å². The zero-order valence-corrected chi connectivity index (χ0v) is 52.2. The topological polar surface area (TPSA) is 38.6 Å². The highest BCUT2D eigenvalue weighted by molar-refractivity contribution is 6.17. The van der Waals surface area contributed by atoms with Crippen LogP contribution in [0, 0.1) is 11.3 Å². The second-order valence-corrected chi connectivity index (χ2v) is 28.1. The number of nitriles is 1. The number of benzene rings is 11. The van der Waals surface area contributed by atoms with E-state index < -0.39 is 0 Å². The molecule has 0 saturated heterocycles. The molecule has 426 valence electrons. The second kappa shape index (κ2) is 20.2. The fraction of sp³-hybridized carbons (Fsp3) is 0.193. The summed E-state index contributed by atoms with van der Waals surface area (Å²) in [6, 6.07) is 88.7. The summed E-state index contributed by atoms with van der Waals surface area (Å²) < 4.78 is 7.48. The highest BCUT2D eigenvalue weighted by Gasteiger charge is 2.35. The van der Waals surface area contributed by atoms with E-state index >= 15 is 0 Å². The highest BCUT2D eigenvalue weighted by Crippen LogP contribution is 2.53. The Labute approximate surface area is 512 Å². The molecule has 0 saturated carbocycles. The average molecular weight is 1130 g/mol. The van der Waals surface area contributed by atoms with E-state index in [1.54, 1.807) is 0 Å². The van der Waals surface area contributed by atoms with Crippen LogP contribution in [0.1, 0.15) is 111 Å². The summed E-state index contributed by atoms with van der Waals surface area (Å²) in [5.74, 6) is 0. The zero-order valence-electron chi connectivity index (χ0n) is 52.2. The van der Waals surface area contributed by atoms with Crippen LogP contribution in [0.3, 0.4) is 0 Å². The summed E-state index contributed by atoms with van der Waals surface area (Å²) in [4.78, 5) is 0. The molecular weight excluding hydrogens is 1050 g/mol. The molecule has 0 spiro atoms. The molecule has 0 N–H and O–H groups in total. The lowest BCUT2D eigenvalue weighted by Crippen LogP contribution is -2.14. The van der Waals surface area contributed by atoms with E-state index in [9.17, 15) is 5.26 Å². The molecule has 0 aliphatic carbocycles. The first-order valence-corrected chi connectivity index (χ1v) is 30.8. The van der Waals surface area contributed by atoms with Gasteiger partial charge in [-0.15, -0.1) is 0 Å². The molecule has 14 aromatic rings. The minimum absolute atomic E-state index is 0.123. The molecule has 87 heavy (non-hydrogen) atoms. The molecule has 4 nitrogen and oxygen atoms in total. The quantitative estimate of drug-likeness (QED) is 0.157. The van der Waals surface area contributed by atoms with Crippen LogP contribution in [0.25, 0.3) is 127 Å². The van der Waals surface area contributed by atoms with Crippen molar-refractivity contribution in [3.8, 4) is 67.6 Å². The summed E-state index contributed by atoms with van der Waals surface area (Å²) in [5.41, 5.74) is 22.5. The summed E-state index contributed by atoms with van der Waals surface area (Å²) >= 11 is 0. The number of nitrogens with zero attached hydrogens (tertiary/aromatic N) is 4. The van der Waals surface area contributed by atoms with Gasteiger partial charge in [-0.05, 0) is 150 Å². The molecule has 14 rings (SSSR count). The first-order chi connectivity index (χ1) is 41.7. The molecule has 0 amide bonds. The van der Waals surface area contributed by atoms with Gasteiger partial charge in [0.1, 0.15) is 11.6 Å². The van der Waals surface area contributed by atoms with Gasteiger partial charge in [0.05, 0.1) is 50.2 Å². The molecule has 0 radical (unpaired) electrons. The van der Waals surface area contributed by atoms with Crippen molar-refractivity contribution < 1.29 is 0 Å². The maximum Gasteiger partial charge on any atom is 0.104 e. The van der Waals surface area contributed by atoms with Crippen LogP contribution in [-0.2, 0) is 21.7 Å². The Morgan fingerprint density at radius 2 is 0.494 bits per heavy atom. The molecular formula is C83H74N4. The van der Waals surface area contributed by atoms with Crippen molar-refractivity contribution in [2.24, 2.45) is 0 Å². The fourth-order valence-electron chi connectivity index (χ4n) is 13.5. The molecule has 0 bridgehead atoms. The van der Waals surface area contributed by atoms with Gasteiger partial charge in [0.25, 0.3) is 0 Å². The fourth-order valence-corrected chi connectivity index (χ4v) is 13.5. The van der Waals surface area contributed by atoms with E-state index in [0.717, 1.165) is 127 Å². The van der Waals surface area contributed by atoms with Gasteiger partial charge >= 0.3 is 0 Å². The first kappa shape index (κ1) is 55.2. The standard InChI is InChI=1S/C83H74N4/c1-80(2,3)58-35-41-71-64(47-58)65-48-59(81(4,5)6)36-42-72(65)85(71)77-68(51-84)78(86-73-43-37-60(82(7,8)9)49-66(73)67-50-61(83(10,11)12)38-44-74(67)86)76(55-31-23-16-24-32-55)79(75(77)54-29-21-15-22-30-54)87-69-39-33-56(52-25-17-13-18-26-52)45-62(69)63-46-57(34-40-70(63)87)53-27-19-14-20-28-53/h13-50H,1-12H3. The number of aromatic nitrogens is 3. The molecule has 3 aromatic heterocycles. The maximum absolute atomic E-state index is 13.0. The van der Waals surface area contributed by atoms with Crippen LogP contribution < -0.4 is 0 Å². The second-order valence-electron chi connectivity index (χ2n) is 28.1. The number of hydrogen-bond donors (Lipinski definition) is 0. The van der Waals surface area contributed by atoms with Crippen molar-refractivity contribution in [3.63, 3.8) is 0 Å². The van der Waals surface area contributed by atoms with Crippen molar-refractivity contribution in [1.29, 1.82) is 5.26 Å². The smallest absolute Gasteiger partial charge is 0.104 e. The Morgan fingerprint density at radius 1 is 0.253 bits per heavy atom. The predicted molar refractivity (Wildman–Crippen MR) is 371 cm³/mol. The average Bonchev–Trinajstić information content (AvgIpc) is 1.64. The first-order valence-electron chi connectivity index (χ1n) is 30.8. The molecule has 4 heteroatoms. The third-order valence-corrected chi connectivity index (χ3v) is 18.3. The van der Waals surface area contributed by atoms with Crippen LogP contribution in [-0.4, -0.2) is 13.7 Å². The molecule has 0 atom stereocenters. The molecule has 0 aliphatic rings. The molecule has 0 aliphatic heterocycles. The molecule has 3 heterocycles. The lowest BCUT2D eigenvalue weighted by Gasteiger charge is -2.29. The SMILES string of the molecule is CC(C)(C)c1ccc2c(c1)c1cc(C(C)(C)C)ccc1n2-c1c(C#N)c(-n2c3ccc(C(C)(C)C)cc3c3cc(C(C)(C)C)ccc32)c(-c2ccccc2)c(-n2c3ccc(-c4ccccc4)cc3c3cc(-c4ccccc4)ccc32)c1-c1ccccc1. The third-order valence-electron chi connectivity index (χ3n) is 18.3. The van der Waals surface area contributed by atoms with Crippen molar-refractivity contribution in [2.75, 3.05) is 0 Å². The van der Waals surface area contributed by atoms with Crippen molar-refractivity contribution in [1.82, 2.24) is 13.7 Å². The molecule has 0 unspecified atom stereocenters. The van der Waals surface area contributed by atoms with Crippen LogP contribution >= 0.6 is 0 Å². The van der Waals surface area contributed by atoms with Gasteiger partial charge in [0.2, 0.25) is 0 Å². The number of hydrogen-bond acceptors (Lipinski definition) is 1. The van der Waals surface area contributed by atoms with Gasteiger partial charge in [0, 0.05) is 43.4 Å².